The minimum absolute atomic E-state index is 0.387. The quantitative estimate of drug-likeness (QED) is 0.792. The van der Waals surface area contributed by atoms with Gasteiger partial charge in [-0.3, -0.25) is 0 Å². The smallest absolute Gasteiger partial charge is 0.171 e. The van der Waals surface area contributed by atoms with Crippen LogP contribution in [-0.2, 0) is 9.47 Å². The fourth-order valence-corrected chi connectivity index (χ4v) is 2.97. The predicted octanol–water partition coefficient (Wildman–Crippen LogP) is 2.55. The first kappa shape index (κ1) is 12.7. The van der Waals surface area contributed by atoms with E-state index < -0.39 is 0 Å². The molecule has 19 heavy (non-hydrogen) atoms. The molecule has 4 nitrogen and oxygen atoms in total. The molecule has 0 aliphatic carbocycles. The van der Waals surface area contributed by atoms with Crippen LogP contribution in [0.1, 0.15) is 18.4 Å². The zero-order valence-electron chi connectivity index (χ0n) is 10.6. The fourth-order valence-electron chi connectivity index (χ4n) is 2.76. The number of nitriles is 1. The maximum atomic E-state index is 9.22. The van der Waals surface area contributed by atoms with Crippen molar-refractivity contribution in [3.8, 4) is 6.07 Å². The molecule has 2 aliphatic rings. The largest absolute Gasteiger partial charge is 0.370 e. The molecule has 1 spiro atoms. The lowest BCUT2D eigenvalue weighted by atomic mass is 10.0. The first-order valence-corrected chi connectivity index (χ1v) is 6.83. The molecule has 2 saturated heterocycles. The highest BCUT2D eigenvalue weighted by atomic mass is 35.5. The van der Waals surface area contributed by atoms with Crippen LogP contribution in [0, 0.1) is 11.3 Å². The van der Waals surface area contributed by atoms with Crippen molar-refractivity contribution in [2.45, 2.75) is 18.6 Å². The molecule has 1 aromatic rings. The molecule has 2 fully saturated rings. The molecule has 0 saturated carbocycles. The van der Waals surface area contributed by atoms with E-state index in [-0.39, 0.29) is 5.79 Å². The molecule has 0 atom stereocenters. The van der Waals surface area contributed by atoms with Crippen molar-refractivity contribution in [3.05, 3.63) is 28.8 Å². The number of piperidine rings is 1. The lowest BCUT2D eigenvalue weighted by molar-refractivity contribution is -0.169. The second kappa shape index (κ2) is 5.01. The molecule has 0 bridgehead atoms. The van der Waals surface area contributed by atoms with Crippen molar-refractivity contribution in [1.29, 1.82) is 5.26 Å². The molecule has 5 heteroatoms. The van der Waals surface area contributed by atoms with Crippen LogP contribution in [0.4, 0.5) is 5.69 Å². The monoisotopic (exact) mass is 278 g/mol. The van der Waals surface area contributed by atoms with Gasteiger partial charge in [-0.1, -0.05) is 17.7 Å². The third-order valence-corrected chi connectivity index (χ3v) is 4.10. The van der Waals surface area contributed by atoms with Crippen LogP contribution in [0.25, 0.3) is 0 Å². The van der Waals surface area contributed by atoms with Crippen LogP contribution in [0.15, 0.2) is 18.2 Å². The van der Waals surface area contributed by atoms with Crippen molar-refractivity contribution >= 4 is 17.3 Å². The van der Waals surface area contributed by atoms with E-state index in [4.69, 9.17) is 21.1 Å². The van der Waals surface area contributed by atoms with Crippen molar-refractivity contribution in [1.82, 2.24) is 0 Å². The average molecular weight is 279 g/mol. The summed E-state index contributed by atoms with van der Waals surface area (Å²) in [5, 5.41) is 9.73. The van der Waals surface area contributed by atoms with E-state index >= 15 is 0 Å². The van der Waals surface area contributed by atoms with Gasteiger partial charge in [0.05, 0.1) is 29.5 Å². The standard InChI is InChI=1S/C14H15ClN2O2/c15-12-2-1-3-13(11(12)10-16)17-6-4-14(5-7-17)18-8-9-19-14/h1-3H,4-9H2. The molecular formula is C14H15ClN2O2. The number of hydrogen-bond acceptors (Lipinski definition) is 4. The van der Waals surface area contributed by atoms with Crippen molar-refractivity contribution in [3.63, 3.8) is 0 Å². The number of nitrogens with zero attached hydrogens (tertiary/aromatic N) is 2. The molecule has 100 valence electrons. The Morgan fingerprint density at radius 3 is 2.53 bits per heavy atom. The molecule has 0 radical (unpaired) electrons. The Balaban J connectivity index is 1.79. The summed E-state index contributed by atoms with van der Waals surface area (Å²) in [7, 11) is 0. The van der Waals surface area contributed by atoms with Gasteiger partial charge in [-0.2, -0.15) is 5.26 Å². The summed E-state index contributed by atoms with van der Waals surface area (Å²) in [5.41, 5.74) is 1.45. The maximum Gasteiger partial charge on any atom is 0.171 e. The van der Waals surface area contributed by atoms with E-state index in [1.54, 1.807) is 6.07 Å². The lowest BCUT2D eigenvalue weighted by Gasteiger charge is -2.39. The van der Waals surface area contributed by atoms with Crippen molar-refractivity contribution in [2.24, 2.45) is 0 Å². The van der Waals surface area contributed by atoms with Gasteiger partial charge in [0, 0.05) is 25.9 Å². The molecule has 0 aromatic heterocycles. The third-order valence-electron chi connectivity index (χ3n) is 3.78. The maximum absolute atomic E-state index is 9.22. The first-order chi connectivity index (χ1) is 9.24. The second-order valence-electron chi connectivity index (χ2n) is 4.84. The van der Waals surface area contributed by atoms with Crippen molar-refractivity contribution in [2.75, 3.05) is 31.2 Å². The van der Waals surface area contributed by atoms with E-state index in [1.807, 2.05) is 12.1 Å². The number of halogens is 1. The normalized spacial score (nSPS) is 21.6. The highest BCUT2D eigenvalue weighted by Gasteiger charge is 2.40. The summed E-state index contributed by atoms with van der Waals surface area (Å²) in [6, 6.07) is 7.76. The Morgan fingerprint density at radius 1 is 1.21 bits per heavy atom. The van der Waals surface area contributed by atoms with E-state index in [2.05, 4.69) is 11.0 Å². The topological polar surface area (TPSA) is 45.5 Å². The third kappa shape index (κ3) is 2.30. The molecule has 2 aliphatic heterocycles. The summed E-state index contributed by atoms with van der Waals surface area (Å²) in [6.45, 7) is 2.99. The molecule has 3 rings (SSSR count). The van der Waals surface area contributed by atoms with Gasteiger partial charge in [0.1, 0.15) is 6.07 Å². The number of anilines is 1. The number of benzene rings is 1. The van der Waals surface area contributed by atoms with Gasteiger partial charge in [0.2, 0.25) is 0 Å². The Labute approximate surface area is 117 Å². The lowest BCUT2D eigenvalue weighted by Crippen LogP contribution is -2.45. The van der Waals surface area contributed by atoms with Crippen LogP contribution in [0.3, 0.4) is 0 Å². The van der Waals surface area contributed by atoms with E-state index in [0.717, 1.165) is 31.6 Å². The Hall–Kier alpha value is -1.28. The van der Waals surface area contributed by atoms with Crippen molar-refractivity contribution < 1.29 is 9.47 Å². The SMILES string of the molecule is N#Cc1c(Cl)cccc1N1CCC2(CC1)OCCO2. The van der Waals surface area contributed by atoms with Gasteiger partial charge in [0.15, 0.2) is 5.79 Å². The second-order valence-corrected chi connectivity index (χ2v) is 5.25. The number of hydrogen-bond donors (Lipinski definition) is 0. The fraction of sp³-hybridized carbons (Fsp3) is 0.500. The zero-order chi connectivity index (χ0) is 13.3. The van der Waals surface area contributed by atoms with E-state index in [0.29, 0.717) is 23.8 Å². The summed E-state index contributed by atoms with van der Waals surface area (Å²) >= 11 is 6.07. The molecule has 0 unspecified atom stereocenters. The zero-order valence-corrected chi connectivity index (χ0v) is 11.3. The van der Waals surface area contributed by atoms with Gasteiger partial charge >= 0.3 is 0 Å². The Morgan fingerprint density at radius 2 is 1.89 bits per heavy atom. The summed E-state index contributed by atoms with van der Waals surface area (Å²) < 4.78 is 11.4. The van der Waals surface area contributed by atoms with Gasteiger partial charge in [-0.15, -0.1) is 0 Å². The molecule has 1 aromatic carbocycles. The van der Waals surface area contributed by atoms with Crippen LogP contribution in [0.2, 0.25) is 5.02 Å². The minimum atomic E-state index is -0.387. The predicted molar refractivity (Wildman–Crippen MR) is 72.2 cm³/mol. The van der Waals surface area contributed by atoms with Crippen LogP contribution in [0.5, 0.6) is 0 Å². The highest BCUT2D eigenvalue weighted by molar-refractivity contribution is 6.32. The summed E-state index contributed by atoms with van der Waals surface area (Å²) in [4.78, 5) is 2.18. The van der Waals surface area contributed by atoms with Crippen LogP contribution < -0.4 is 4.90 Å². The van der Waals surface area contributed by atoms with Crippen LogP contribution >= 0.6 is 11.6 Å². The molecule has 0 amide bonds. The summed E-state index contributed by atoms with van der Waals surface area (Å²) in [6.07, 6.45) is 1.65. The molecule has 2 heterocycles. The van der Waals surface area contributed by atoms with E-state index in [1.165, 1.54) is 0 Å². The first-order valence-electron chi connectivity index (χ1n) is 6.46. The van der Waals surface area contributed by atoms with Gasteiger partial charge in [0.25, 0.3) is 0 Å². The Bertz CT molecular complexity index is 511. The minimum Gasteiger partial charge on any atom is -0.370 e. The van der Waals surface area contributed by atoms with Gasteiger partial charge < -0.3 is 14.4 Å². The van der Waals surface area contributed by atoms with Crippen LogP contribution in [-0.4, -0.2) is 32.1 Å². The average Bonchev–Trinajstić information content (AvgIpc) is 2.88. The number of rotatable bonds is 1. The molecular weight excluding hydrogens is 264 g/mol. The van der Waals surface area contributed by atoms with Gasteiger partial charge in [-0.05, 0) is 12.1 Å². The summed E-state index contributed by atoms with van der Waals surface area (Å²) in [5.74, 6) is -0.387. The number of ether oxygens (including phenoxy) is 2. The molecule has 0 N–H and O–H groups in total. The Kier molecular flexibility index (Phi) is 3.36. The van der Waals surface area contributed by atoms with Gasteiger partial charge in [-0.25, -0.2) is 0 Å². The van der Waals surface area contributed by atoms with E-state index in [9.17, 15) is 5.26 Å². The highest BCUT2D eigenvalue weighted by Crippen LogP contribution is 2.35.